The first-order valence-electron chi connectivity index (χ1n) is 6.42. The summed E-state index contributed by atoms with van der Waals surface area (Å²) < 4.78 is 7.41. The maximum absolute atomic E-state index is 9.32. The summed E-state index contributed by atoms with van der Waals surface area (Å²) in [6, 6.07) is 6.13. The normalized spacial score (nSPS) is 10.8. The topological polar surface area (TPSA) is 47.3 Å². The zero-order valence-corrected chi connectivity index (χ0v) is 11.9. The highest BCUT2D eigenvalue weighted by molar-refractivity contribution is 5.66. The van der Waals surface area contributed by atoms with Crippen molar-refractivity contribution < 1.29 is 9.84 Å². The first-order chi connectivity index (χ1) is 9.12. The van der Waals surface area contributed by atoms with Gasteiger partial charge in [0.25, 0.3) is 0 Å². The Bertz CT molecular complexity index is 588. The van der Waals surface area contributed by atoms with Crippen molar-refractivity contribution in [2.24, 2.45) is 7.05 Å². The number of aromatic nitrogens is 2. The van der Waals surface area contributed by atoms with E-state index in [1.54, 1.807) is 7.11 Å². The molecule has 0 aliphatic heterocycles. The van der Waals surface area contributed by atoms with Crippen LogP contribution in [0.15, 0.2) is 18.2 Å². The zero-order chi connectivity index (χ0) is 14.0. The summed E-state index contributed by atoms with van der Waals surface area (Å²) in [5.74, 6) is 1.63. The molecule has 0 radical (unpaired) electrons. The van der Waals surface area contributed by atoms with Crippen molar-refractivity contribution in [3.05, 3.63) is 35.2 Å². The molecule has 2 aromatic rings. The average molecular weight is 260 g/mol. The molecule has 0 amide bonds. The molecule has 0 aliphatic rings. The molecule has 1 N–H and O–H groups in total. The molecule has 0 fully saturated rings. The molecule has 1 aromatic heterocycles. The largest absolute Gasteiger partial charge is 0.496 e. The van der Waals surface area contributed by atoms with E-state index in [0.29, 0.717) is 5.69 Å². The molecule has 0 aliphatic carbocycles. The van der Waals surface area contributed by atoms with Crippen molar-refractivity contribution in [1.82, 2.24) is 9.55 Å². The lowest BCUT2D eigenvalue weighted by atomic mass is 10.1. The highest BCUT2D eigenvalue weighted by Crippen LogP contribution is 2.31. The van der Waals surface area contributed by atoms with Crippen LogP contribution in [0.1, 0.15) is 23.9 Å². The Labute approximate surface area is 113 Å². The van der Waals surface area contributed by atoms with Crippen molar-refractivity contribution in [2.75, 3.05) is 7.11 Å². The van der Waals surface area contributed by atoms with Crippen molar-refractivity contribution in [2.45, 2.75) is 26.9 Å². The van der Waals surface area contributed by atoms with Crippen LogP contribution >= 0.6 is 0 Å². The number of rotatable bonds is 4. The van der Waals surface area contributed by atoms with E-state index in [1.165, 1.54) is 5.56 Å². The van der Waals surface area contributed by atoms with Gasteiger partial charge in [-0.05, 0) is 31.0 Å². The third kappa shape index (κ3) is 2.36. The van der Waals surface area contributed by atoms with E-state index in [0.717, 1.165) is 29.3 Å². The third-order valence-electron chi connectivity index (χ3n) is 3.54. The molecular weight excluding hydrogens is 240 g/mol. The minimum Gasteiger partial charge on any atom is -0.496 e. The van der Waals surface area contributed by atoms with Crippen LogP contribution in [0.2, 0.25) is 0 Å². The van der Waals surface area contributed by atoms with E-state index >= 15 is 0 Å². The first-order valence-corrected chi connectivity index (χ1v) is 6.42. The summed E-state index contributed by atoms with van der Waals surface area (Å²) in [6.45, 7) is 4.03. The Kier molecular flexibility index (Phi) is 3.90. The minimum absolute atomic E-state index is 0.0462. The highest BCUT2D eigenvalue weighted by atomic mass is 16.5. The molecule has 0 bridgehead atoms. The van der Waals surface area contributed by atoms with Gasteiger partial charge in [-0.3, -0.25) is 0 Å². The van der Waals surface area contributed by atoms with Gasteiger partial charge in [-0.25, -0.2) is 4.98 Å². The van der Waals surface area contributed by atoms with E-state index in [-0.39, 0.29) is 6.61 Å². The predicted molar refractivity (Wildman–Crippen MR) is 75.2 cm³/mol. The second kappa shape index (κ2) is 5.45. The van der Waals surface area contributed by atoms with Gasteiger partial charge in [-0.15, -0.1) is 0 Å². The molecule has 102 valence electrons. The molecule has 0 atom stereocenters. The molecule has 1 aromatic carbocycles. The van der Waals surface area contributed by atoms with Crippen LogP contribution in [-0.2, 0) is 20.1 Å². The SMILES string of the molecule is CCc1ccc(OC)c(-c2nc(CO)c(C)n2C)c1. The fourth-order valence-electron chi connectivity index (χ4n) is 2.18. The summed E-state index contributed by atoms with van der Waals surface area (Å²) in [4.78, 5) is 4.52. The summed E-state index contributed by atoms with van der Waals surface area (Å²) >= 11 is 0. The number of benzene rings is 1. The first kappa shape index (κ1) is 13.6. The minimum atomic E-state index is -0.0462. The Morgan fingerprint density at radius 1 is 1.37 bits per heavy atom. The van der Waals surface area contributed by atoms with Gasteiger partial charge >= 0.3 is 0 Å². The molecule has 0 saturated heterocycles. The van der Waals surface area contributed by atoms with Crippen molar-refractivity contribution >= 4 is 0 Å². The summed E-state index contributed by atoms with van der Waals surface area (Å²) in [5, 5.41) is 9.32. The Hall–Kier alpha value is -1.81. The van der Waals surface area contributed by atoms with E-state index in [2.05, 4.69) is 24.0 Å². The van der Waals surface area contributed by atoms with Crippen LogP contribution in [0.5, 0.6) is 5.75 Å². The van der Waals surface area contributed by atoms with Crippen LogP contribution in [0.3, 0.4) is 0 Å². The van der Waals surface area contributed by atoms with Gasteiger partial charge in [-0.1, -0.05) is 13.0 Å². The Morgan fingerprint density at radius 2 is 2.11 bits per heavy atom. The fraction of sp³-hybridized carbons (Fsp3) is 0.400. The van der Waals surface area contributed by atoms with Crippen LogP contribution in [0.4, 0.5) is 0 Å². The van der Waals surface area contributed by atoms with Gasteiger partial charge in [0.2, 0.25) is 0 Å². The molecule has 0 saturated carbocycles. The van der Waals surface area contributed by atoms with Crippen LogP contribution in [-0.4, -0.2) is 21.8 Å². The molecule has 1 heterocycles. The van der Waals surface area contributed by atoms with Crippen molar-refractivity contribution in [3.63, 3.8) is 0 Å². The van der Waals surface area contributed by atoms with Crippen LogP contribution in [0, 0.1) is 6.92 Å². The standard InChI is InChI=1S/C15H20N2O2/c1-5-11-6-7-14(19-4)12(8-11)15-16-13(9-18)10(2)17(15)3/h6-8,18H,5,9H2,1-4H3. The second-order valence-electron chi connectivity index (χ2n) is 4.57. The highest BCUT2D eigenvalue weighted by Gasteiger charge is 2.16. The molecule has 4 heteroatoms. The summed E-state index contributed by atoms with van der Waals surface area (Å²) in [6.07, 6.45) is 0.966. The predicted octanol–water partition coefficient (Wildman–Crippen LogP) is 2.46. The van der Waals surface area contributed by atoms with Gasteiger partial charge in [0.05, 0.1) is 25.0 Å². The Morgan fingerprint density at radius 3 is 2.63 bits per heavy atom. The molecule has 4 nitrogen and oxygen atoms in total. The second-order valence-corrected chi connectivity index (χ2v) is 4.57. The summed E-state index contributed by atoms with van der Waals surface area (Å²) in [7, 11) is 3.61. The van der Waals surface area contributed by atoms with Gasteiger partial charge in [0.15, 0.2) is 0 Å². The van der Waals surface area contributed by atoms with Crippen molar-refractivity contribution in [1.29, 1.82) is 0 Å². The van der Waals surface area contributed by atoms with Gasteiger partial charge in [0.1, 0.15) is 11.6 Å². The third-order valence-corrected chi connectivity index (χ3v) is 3.54. The maximum atomic E-state index is 9.32. The number of aliphatic hydroxyl groups is 1. The van der Waals surface area contributed by atoms with Gasteiger partial charge in [0, 0.05) is 12.7 Å². The lowest BCUT2D eigenvalue weighted by Crippen LogP contribution is -1.98. The molecule has 2 rings (SSSR count). The smallest absolute Gasteiger partial charge is 0.144 e. The number of hydrogen-bond donors (Lipinski definition) is 1. The number of methoxy groups -OCH3 is 1. The van der Waals surface area contributed by atoms with Gasteiger partial charge in [-0.2, -0.15) is 0 Å². The fourth-order valence-corrected chi connectivity index (χ4v) is 2.18. The number of aryl methyl sites for hydroxylation is 1. The number of hydrogen-bond acceptors (Lipinski definition) is 3. The van der Waals surface area contributed by atoms with Gasteiger partial charge < -0.3 is 14.4 Å². The molecular formula is C15H20N2O2. The number of imidazole rings is 1. The number of aliphatic hydroxyl groups excluding tert-OH is 1. The summed E-state index contributed by atoms with van der Waals surface area (Å²) in [5.41, 5.74) is 3.89. The van der Waals surface area contributed by atoms with Crippen LogP contribution < -0.4 is 4.74 Å². The molecule has 19 heavy (non-hydrogen) atoms. The zero-order valence-electron chi connectivity index (χ0n) is 11.9. The van der Waals surface area contributed by atoms with Crippen LogP contribution in [0.25, 0.3) is 11.4 Å². The Balaban J connectivity index is 2.63. The number of ether oxygens (including phenoxy) is 1. The molecule has 0 spiro atoms. The molecule has 0 unspecified atom stereocenters. The van der Waals surface area contributed by atoms with E-state index in [4.69, 9.17) is 4.74 Å². The van der Waals surface area contributed by atoms with E-state index < -0.39 is 0 Å². The maximum Gasteiger partial charge on any atom is 0.144 e. The average Bonchev–Trinajstić information content (AvgIpc) is 2.74. The monoisotopic (exact) mass is 260 g/mol. The lowest BCUT2D eigenvalue weighted by molar-refractivity contribution is 0.276. The quantitative estimate of drug-likeness (QED) is 0.918. The number of nitrogens with zero attached hydrogens (tertiary/aromatic N) is 2. The van der Waals surface area contributed by atoms with E-state index in [9.17, 15) is 5.11 Å². The van der Waals surface area contributed by atoms with Crippen molar-refractivity contribution in [3.8, 4) is 17.1 Å². The van der Waals surface area contributed by atoms with E-state index in [1.807, 2.05) is 24.6 Å². The lowest BCUT2D eigenvalue weighted by Gasteiger charge is -2.10.